The predicted octanol–water partition coefficient (Wildman–Crippen LogP) is 2.84. The van der Waals surface area contributed by atoms with Crippen LogP contribution >= 0.6 is 0 Å². The first-order valence-electron chi connectivity index (χ1n) is 16.7. The minimum atomic E-state index is -0.938. The molecule has 12 nitrogen and oxygen atoms in total. The average Bonchev–Trinajstić information content (AvgIpc) is 3.32. The SMILES string of the molecule is CCNC(=O)OCC(NC(=O)NC(C(=O)N1CC[C@H](C)C1CNC(CC1CCC1)C(=O)C(N)=O)C1CCCCC1)C(C)(C)C. The molecule has 2 aliphatic carbocycles. The number of nitrogens with two attached hydrogens (primary N) is 1. The van der Waals surface area contributed by atoms with Crippen molar-refractivity contribution in [2.45, 2.75) is 123 Å². The van der Waals surface area contributed by atoms with Crippen LogP contribution in [0, 0.1) is 23.2 Å². The van der Waals surface area contributed by atoms with Gasteiger partial charge >= 0.3 is 12.1 Å². The molecule has 5 amide bonds. The van der Waals surface area contributed by atoms with Crippen LogP contribution < -0.4 is 27.0 Å². The number of hydrogen-bond acceptors (Lipinski definition) is 7. The van der Waals surface area contributed by atoms with Crippen LogP contribution in [0.5, 0.6) is 0 Å². The molecule has 0 spiro atoms. The van der Waals surface area contributed by atoms with E-state index in [0.717, 1.165) is 57.8 Å². The van der Waals surface area contributed by atoms with E-state index in [0.29, 0.717) is 32.0 Å². The Bertz CT molecular complexity index is 1010. The number of nitrogens with one attached hydrogen (secondary N) is 4. The van der Waals surface area contributed by atoms with Gasteiger partial charge in [0.1, 0.15) is 12.6 Å². The highest BCUT2D eigenvalue weighted by Gasteiger charge is 2.42. The largest absolute Gasteiger partial charge is 0.447 e. The Labute approximate surface area is 262 Å². The number of rotatable bonds is 14. The molecule has 1 saturated heterocycles. The van der Waals surface area contributed by atoms with E-state index in [1.807, 2.05) is 25.7 Å². The predicted molar refractivity (Wildman–Crippen MR) is 168 cm³/mol. The van der Waals surface area contributed by atoms with Gasteiger partial charge in [0.05, 0.1) is 12.1 Å². The van der Waals surface area contributed by atoms with Crippen molar-refractivity contribution in [1.82, 2.24) is 26.2 Å². The van der Waals surface area contributed by atoms with Gasteiger partial charge in [-0.2, -0.15) is 0 Å². The van der Waals surface area contributed by atoms with Gasteiger partial charge in [0.25, 0.3) is 5.91 Å². The summed E-state index contributed by atoms with van der Waals surface area (Å²) in [6, 6.07) is -2.49. The molecular formula is C32H56N6O6. The molecule has 0 aromatic heterocycles. The fourth-order valence-electron chi connectivity index (χ4n) is 6.60. The van der Waals surface area contributed by atoms with Crippen LogP contribution in [-0.2, 0) is 19.1 Å². The zero-order valence-corrected chi connectivity index (χ0v) is 27.4. The molecule has 3 aliphatic rings. The first kappa shape index (κ1) is 35.6. The molecule has 4 unspecified atom stereocenters. The monoisotopic (exact) mass is 620 g/mol. The van der Waals surface area contributed by atoms with Crippen LogP contribution in [0.15, 0.2) is 0 Å². The maximum atomic E-state index is 14.3. The second kappa shape index (κ2) is 16.4. The molecule has 0 aromatic carbocycles. The summed E-state index contributed by atoms with van der Waals surface area (Å²) < 4.78 is 5.33. The van der Waals surface area contributed by atoms with Crippen molar-refractivity contribution < 1.29 is 28.7 Å². The fourth-order valence-corrected chi connectivity index (χ4v) is 6.60. The molecule has 0 radical (unpaired) electrons. The molecule has 1 aliphatic heterocycles. The van der Waals surface area contributed by atoms with Crippen LogP contribution in [0.1, 0.15) is 98.8 Å². The summed E-state index contributed by atoms with van der Waals surface area (Å²) in [7, 11) is 0. The molecule has 2 saturated carbocycles. The first-order chi connectivity index (χ1) is 20.8. The normalized spacial score (nSPS) is 23.2. The van der Waals surface area contributed by atoms with E-state index in [1.54, 1.807) is 6.92 Å². The van der Waals surface area contributed by atoms with Crippen molar-refractivity contribution in [3.05, 3.63) is 0 Å². The maximum Gasteiger partial charge on any atom is 0.407 e. The van der Waals surface area contributed by atoms with Crippen LogP contribution in [0.4, 0.5) is 9.59 Å². The van der Waals surface area contributed by atoms with E-state index in [9.17, 15) is 24.0 Å². The van der Waals surface area contributed by atoms with Crippen molar-refractivity contribution in [2.75, 3.05) is 26.2 Å². The molecule has 12 heteroatoms. The van der Waals surface area contributed by atoms with Crippen LogP contribution in [0.2, 0.25) is 0 Å². The van der Waals surface area contributed by atoms with Gasteiger partial charge in [-0.3, -0.25) is 14.4 Å². The summed E-state index contributed by atoms with van der Waals surface area (Å²) in [5, 5.41) is 11.9. The van der Waals surface area contributed by atoms with E-state index in [4.69, 9.17) is 10.5 Å². The maximum absolute atomic E-state index is 14.3. The second-order valence-electron chi connectivity index (χ2n) is 14.1. The Kier molecular flexibility index (Phi) is 13.3. The highest BCUT2D eigenvalue weighted by Crippen LogP contribution is 2.32. The van der Waals surface area contributed by atoms with Crippen molar-refractivity contribution in [2.24, 2.45) is 28.9 Å². The minimum Gasteiger partial charge on any atom is -0.447 e. The van der Waals surface area contributed by atoms with Gasteiger partial charge in [0.2, 0.25) is 11.7 Å². The molecule has 44 heavy (non-hydrogen) atoms. The number of likely N-dealkylation sites (tertiary alicyclic amines) is 1. The number of amides is 5. The summed E-state index contributed by atoms with van der Waals surface area (Å²) in [5.74, 6) is -1.08. The number of carbonyl (C=O) groups excluding carboxylic acids is 5. The lowest BCUT2D eigenvalue weighted by atomic mass is 9.80. The van der Waals surface area contributed by atoms with Crippen molar-refractivity contribution in [3.63, 3.8) is 0 Å². The Balaban J connectivity index is 1.72. The average molecular weight is 621 g/mol. The number of ether oxygens (including phenoxy) is 1. The Morgan fingerprint density at radius 2 is 1.64 bits per heavy atom. The van der Waals surface area contributed by atoms with E-state index < -0.39 is 47.4 Å². The lowest BCUT2D eigenvalue weighted by Crippen LogP contribution is -2.60. The van der Waals surface area contributed by atoms with Gasteiger partial charge in [0.15, 0.2) is 0 Å². The van der Waals surface area contributed by atoms with Crippen LogP contribution in [-0.4, -0.2) is 85.0 Å². The van der Waals surface area contributed by atoms with E-state index in [2.05, 4.69) is 28.2 Å². The molecule has 1 heterocycles. The fraction of sp³-hybridized carbons (Fsp3) is 0.844. The number of hydrogen-bond donors (Lipinski definition) is 5. The third-order valence-corrected chi connectivity index (χ3v) is 9.82. The number of carbonyl (C=O) groups is 5. The van der Waals surface area contributed by atoms with Gasteiger partial charge < -0.3 is 36.6 Å². The molecule has 3 fully saturated rings. The minimum absolute atomic E-state index is 0.00573. The quantitative estimate of drug-likeness (QED) is 0.186. The third kappa shape index (κ3) is 10.1. The number of urea groups is 1. The zero-order valence-electron chi connectivity index (χ0n) is 27.4. The van der Waals surface area contributed by atoms with Gasteiger partial charge in [-0.1, -0.05) is 66.2 Å². The van der Waals surface area contributed by atoms with E-state index >= 15 is 0 Å². The van der Waals surface area contributed by atoms with Crippen molar-refractivity contribution in [1.29, 1.82) is 0 Å². The smallest absolute Gasteiger partial charge is 0.407 e. The van der Waals surface area contributed by atoms with E-state index in [1.165, 1.54) is 0 Å². The van der Waals surface area contributed by atoms with Crippen LogP contribution in [0.3, 0.4) is 0 Å². The highest BCUT2D eigenvalue weighted by atomic mass is 16.5. The first-order valence-corrected chi connectivity index (χ1v) is 16.7. The number of Topliss-reactive ketones (excluding diaryl/α,β-unsaturated/α-hetero) is 1. The summed E-state index contributed by atoms with van der Waals surface area (Å²) in [5.41, 5.74) is 4.96. The van der Waals surface area contributed by atoms with Crippen molar-refractivity contribution in [3.8, 4) is 0 Å². The molecule has 0 aromatic rings. The van der Waals surface area contributed by atoms with E-state index in [-0.39, 0.29) is 30.4 Å². The molecule has 6 N–H and O–H groups in total. The van der Waals surface area contributed by atoms with Crippen molar-refractivity contribution >= 4 is 29.7 Å². The lowest BCUT2D eigenvalue weighted by molar-refractivity contribution is -0.138. The number of nitrogens with zero attached hydrogens (tertiary/aromatic N) is 1. The Morgan fingerprint density at radius 3 is 2.20 bits per heavy atom. The number of primary amides is 1. The molecule has 0 bridgehead atoms. The number of alkyl carbamates (subject to hydrolysis) is 1. The van der Waals surface area contributed by atoms with Gasteiger partial charge in [0, 0.05) is 25.7 Å². The summed E-state index contributed by atoms with van der Waals surface area (Å²) in [6.45, 7) is 11.1. The second-order valence-corrected chi connectivity index (χ2v) is 14.1. The summed E-state index contributed by atoms with van der Waals surface area (Å²) >= 11 is 0. The number of ketones is 1. The van der Waals surface area contributed by atoms with Crippen LogP contribution in [0.25, 0.3) is 0 Å². The van der Waals surface area contributed by atoms with Gasteiger partial charge in [-0.05, 0) is 55.8 Å². The van der Waals surface area contributed by atoms with Gasteiger partial charge in [-0.15, -0.1) is 0 Å². The lowest BCUT2D eigenvalue weighted by Gasteiger charge is -2.37. The standard InChI is InChI=1S/C32H56N6O6/c1-6-34-31(43)44-19-25(32(3,4)5)36-30(42)37-26(22-13-8-7-9-14-22)29(41)38-16-15-20(2)24(38)18-35-23(27(39)28(33)40)17-21-11-10-12-21/h20-26,35H,6-19H2,1-5H3,(H2,33,40)(H,34,43)(H2,36,37,42)/t20-,23?,24?,25?,26?/m0/s1. The molecule has 250 valence electrons. The summed E-state index contributed by atoms with van der Waals surface area (Å²) in [6.07, 6.45) is 8.86. The molecule has 3 rings (SSSR count). The summed E-state index contributed by atoms with van der Waals surface area (Å²) in [4.78, 5) is 65.9. The van der Waals surface area contributed by atoms with Gasteiger partial charge in [-0.25, -0.2) is 9.59 Å². The molecular weight excluding hydrogens is 564 g/mol. The topological polar surface area (TPSA) is 172 Å². The highest BCUT2D eigenvalue weighted by molar-refractivity contribution is 6.37. The third-order valence-electron chi connectivity index (χ3n) is 9.82. The molecule has 5 atom stereocenters. The Hall–Kier alpha value is -2.89. The zero-order chi connectivity index (χ0) is 32.4. The Morgan fingerprint density at radius 1 is 0.955 bits per heavy atom.